The van der Waals surface area contributed by atoms with E-state index in [9.17, 15) is 9.59 Å². The third kappa shape index (κ3) is 5.14. The molecule has 18 heavy (non-hydrogen) atoms. The smallest absolute Gasteiger partial charge is 0.313 e. The second-order valence-corrected chi connectivity index (χ2v) is 4.56. The van der Waals surface area contributed by atoms with Crippen molar-refractivity contribution >= 4 is 11.8 Å². The van der Waals surface area contributed by atoms with Crippen molar-refractivity contribution in [2.75, 3.05) is 32.8 Å². The molecule has 1 saturated heterocycles. The highest BCUT2D eigenvalue weighted by atomic mass is 16.5. The molecule has 0 aromatic heterocycles. The third-order valence-electron chi connectivity index (χ3n) is 3.26. The summed E-state index contributed by atoms with van der Waals surface area (Å²) in [4.78, 5) is 25.2. The van der Waals surface area contributed by atoms with E-state index in [0.29, 0.717) is 19.2 Å². The van der Waals surface area contributed by atoms with Crippen LogP contribution in [-0.4, -0.2) is 55.5 Å². The van der Waals surface area contributed by atoms with Crippen LogP contribution in [0.3, 0.4) is 0 Å². The average Bonchev–Trinajstić information content (AvgIpc) is 2.37. The quantitative estimate of drug-likeness (QED) is 0.533. The highest BCUT2D eigenvalue weighted by Gasteiger charge is 2.22. The predicted molar refractivity (Wildman–Crippen MR) is 69.4 cm³/mol. The van der Waals surface area contributed by atoms with E-state index in [2.05, 4.69) is 17.1 Å². The van der Waals surface area contributed by atoms with Crippen molar-refractivity contribution < 1.29 is 14.3 Å². The summed E-state index contributed by atoms with van der Waals surface area (Å²) in [5.41, 5.74) is 0. The monoisotopic (exact) mass is 256 g/mol. The molecule has 0 radical (unpaired) electrons. The molecular formula is C13H24N2O3. The number of likely N-dealkylation sites (N-methyl/N-ethyl adjacent to an activating group) is 1. The molecular weight excluding hydrogens is 232 g/mol. The molecule has 5 heteroatoms. The van der Waals surface area contributed by atoms with Gasteiger partial charge in [0, 0.05) is 6.04 Å². The van der Waals surface area contributed by atoms with E-state index in [1.807, 2.05) is 0 Å². The number of esters is 1. The van der Waals surface area contributed by atoms with E-state index >= 15 is 0 Å². The minimum atomic E-state index is -0.413. The number of hydrogen-bond acceptors (Lipinski definition) is 5. The Kier molecular flexibility index (Phi) is 6.90. The molecule has 104 valence electrons. The van der Waals surface area contributed by atoms with Crippen LogP contribution in [0.1, 0.15) is 33.1 Å². The molecule has 1 aliphatic rings. The highest BCUT2D eigenvalue weighted by molar-refractivity contribution is 5.96. The molecule has 0 atom stereocenters. The van der Waals surface area contributed by atoms with Crippen LogP contribution in [0.5, 0.6) is 0 Å². The SMILES string of the molecule is CCOC(=O)CC(=O)CN(CC)C1CCNCC1. The van der Waals surface area contributed by atoms with E-state index < -0.39 is 5.97 Å². The average molecular weight is 256 g/mol. The molecule has 1 heterocycles. The van der Waals surface area contributed by atoms with Crippen molar-refractivity contribution in [1.82, 2.24) is 10.2 Å². The Morgan fingerprint density at radius 2 is 1.94 bits per heavy atom. The number of piperidine rings is 1. The number of ketones is 1. The summed E-state index contributed by atoms with van der Waals surface area (Å²) in [5, 5.41) is 3.31. The number of carbonyl (C=O) groups excluding carboxylic acids is 2. The Bertz CT molecular complexity index is 275. The van der Waals surface area contributed by atoms with Gasteiger partial charge in [-0.2, -0.15) is 0 Å². The lowest BCUT2D eigenvalue weighted by Gasteiger charge is -2.33. The summed E-state index contributed by atoms with van der Waals surface area (Å²) < 4.78 is 4.78. The van der Waals surface area contributed by atoms with Crippen LogP contribution in [0.25, 0.3) is 0 Å². The summed E-state index contributed by atoms with van der Waals surface area (Å²) >= 11 is 0. The maximum Gasteiger partial charge on any atom is 0.313 e. The largest absolute Gasteiger partial charge is 0.466 e. The summed E-state index contributed by atoms with van der Waals surface area (Å²) in [5.74, 6) is -0.460. The lowest BCUT2D eigenvalue weighted by atomic mass is 10.0. The van der Waals surface area contributed by atoms with Gasteiger partial charge in [0.15, 0.2) is 5.78 Å². The zero-order chi connectivity index (χ0) is 13.4. The maximum atomic E-state index is 11.8. The van der Waals surface area contributed by atoms with Gasteiger partial charge in [-0.25, -0.2) is 0 Å². The topological polar surface area (TPSA) is 58.6 Å². The maximum absolute atomic E-state index is 11.8. The molecule has 0 aliphatic carbocycles. The first-order valence-corrected chi connectivity index (χ1v) is 6.79. The Morgan fingerprint density at radius 3 is 2.50 bits per heavy atom. The van der Waals surface area contributed by atoms with Gasteiger partial charge in [-0.15, -0.1) is 0 Å². The molecule has 0 unspecified atom stereocenters. The van der Waals surface area contributed by atoms with Crippen molar-refractivity contribution in [1.29, 1.82) is 0 Å². The van der Waals surface area contributed by atoms with Crippen LogP contribution in [-0.2, 0) is 14.3 Å². The Morgan fingerprint density at radius 1 is 1.28 bits per heavy atom. The van der Waals surface area contributed by atoms with Gasteiger partial charge in [0.25, 0.3) is 0 Å². The minimum absolute atomic E-state index is 0.0474. The van der Waals surface area contributed by atoms with E-state index in [0.717, 1.165) is 32.5 Å². The number of rotatable bonds is 7. The predicted octanol–water partition coefficient (Wildman–Crippen LogP) is 0.583. The molecule has 0 aromatic rings. The van der Waals surface area contributed by atoms with Crippen molar-refractivity contribution in [2.45, 2.75) is 39.2 Å². The Hall–Kier alpha value is -0.940. The van der Waals surface area contributed by atoms with Crippen molar-refractivity contribution in [3.05, 3.63) is 0 Å². The number of hydrogen-bond donors (Lipinski definition) is 1. The molecule has 0 aromatic carbocycles. The molecule has 1 aliphatic heterocycles. The molecule has 0 bridgehead atoms. The zero-order valence-corrected chi connectivity index (χ0v) is 11.4. The van der Waals surface area contributed by atoms with Gasteiger partial charge in [-0.05, 0) is 39.4 Å². The van der Waals surface area contributed by atoms with Crippen LogP contribution < -0.4 is 5.32 Å². The second kappa shape index (κ2) is 8.21. The number of nitrogens with one attached hydrogen (secondary N) is 1. The summed E-state index contributed by atoms with van der Waals surface area (Å²) in [6, 6.07) is 0.461. The standard InChI is InChI=1S/C13H24N2O3/c1-3-15(11-5-7-14-8-6-11)10-12(16)9-13(17)18-4-2/h11,14H,3-10H2,1-2H3. The van der Waals surface area contributed by atoms with E-state index in [1.165, 1.54) is 0 Å². The fraction of sp³-hybridized carbons (Fsp3) is 0.846. The van der Waals surface area contributed by atoms with Gasteiger partial charge in [-0.1, -0.05) is 6.92 Å². The second-order valence-electron chi connectivity index (χ2n) is 4.56. The Balaban J connectivity index is 2.37. The van der Waals surface area contributed by atoms with Gasteiger partial charge in [0.1, 0.15) is 6.42 Å². The Labute approximate surface area is 109 Å². The summed E-state index contributed by atoms with van der Waals surface area (Å²) in [6.45, 7) is 7.35. The summed E-state index contributed by atoms with van der Waals surface area (Å²) in [6.07, 6.45) is 2.04. The van der Waals surface area contributed by atoms with Crippen LogP contribution in [0.2, 0.25) is 0 Å². The van der Waals surface area contributed by atoms with Crippen LogP contribution in [0.4, 0.5) is 0 Å². The van der Waals surface area contributed by atoms with Gasteiger partial charge in [-0.3, -0.25) is 14.5 Å². The van der Waals surface area contributed by atoms with E-state index in [4.69, 9.17) is 4.74 Å². The molecule has 1 N–H and O–H groups in total. The van der Waals surface area contributed by atoms with Gasteiger partial charge in [0.05, 0.1) is 13.2 Å². The van der Waals surface area contributed by atoms with Crippen molar-refractivity contribution in [3.8, 4) is 0 Å². The van der Waals surface area contributed by atoms with E-state index in [-0.39, 0.29) is 12.2 Å². The number of carbonyl (C=O) groups is 2. The van der Waals surface area contributed by atoms with Crippen LogP contribution in [0.15, 0.2) is 0 Å². The van der Waals surface area contributed by atoms with Gasteiger partial charge < -0.3 is 10.1 Å². The van der Waals surface area contributed by atoms with Crippen molar-refractivity contribution in [2.24, 2.45) is 0 Å². The normalized spacial score (nSPS) is 16.8. The van der Waals surface area contributed by atoms with Gasteiger partial charge in [0.2, 0.25) is 0 Å². The fourth-order valence-corrected chi connectivity index (χ4v) is 2.33. The van der Waals surface area contributed by atoms with E-state index in [1.54, 1.807) is 6.92 Å². The third-order valence-corrected chi connectivity index (χ3v) is 3.26. The highest BCUT2D eigenvalue weighted by Crippen LogP contribution is 2.11. The first kappa shape index (κ1) is 15.1. The first-order valence-electron chi connectivity index (χ1n) is 6.79. The molecule has 0 spiro atoms. The lowest BCUT2D eigenvalue weighted by Crippen LogP contribution is -2.45. The molecule has 0 amide bonds. The number of nitrogens with zero attached hydrogens (tertiary/aromatic N) is 1. The number of ether oxygens (including phenoxy) is 1. The minimum Gasteiger partial charge on any atom is -0.466 e. The molecule has 1 fully saturated rings. The molecule has 0 saturated carbocycles. The zero-order valence-electron chi connectivity index (χ0n) is 11.4. The molecule has 5 nitrogen and oxygen atoms in total. The first-order chi connectivity index (χ1) is 8.67. The summed E-state index contributed by atoms with van der Waals surface area (Å²) in [7, 11) is 0. The molecule has 1 rings (SSSR count). The lowest BCUT2D eigenvalue weighted by molar-refractivity contribution is -0.145. The van der Waals surface area contributed by atoms with Crippen LogP contribution in [0, 0.1) is 0 Å². The van der Waals surface area contributed by atoms with Crippen molar-refractivity contribution in [3.63, 3.8) is 0 Å². The van der Waals surface area contributed by atoms with Gasteiger partial charge >= 0.3 is 5.97 Å². The number of Topliss-reactive ketones (excluding diaryl/α,β-unsaturated/α-hetero) is 1. The van der Waals surface area contributed by atoms with Crippen LogP contribution >= 0.6 is 0 Å². The fourth-order valence-electron chi connectivity index (χ4n) is 2.33.